The molecule has 82 valence electrons. The Morgan fingerprint density at radius 3 is 2.40 bits per heavy atom. The summed E-state index contributed by atoms with van der Waals surface area (Å²) < 4.78 is 0. The third kappa shape index (κ3) is 3.69. The van der Waals surface area contributed by atoms with Crippen LogP contribution in [0.1, 0.15) is 18.1 Å². The topological polar surface area (TPSA) is 75.4 Å². The second-order valence-corrected chi connectivity index (χ2v) is 3.48. The highest BCUT2D eigenvalue weighted by Crippen LogP contribution is 2.03. The lowest BCUT2D eigenvalue weighted by Crippen LogP contribution is -2.37. The average molecular weight is 208 g/mol. The van der Waals surface area contributed by atoms with E-state index >= 15 is 0 Å². The third-order valence-electron chi connectivity index (χ3n) is 2.09. The van der Waals surface area contributed by atoms with E-state index in [1.54, 1.807) is 6.92 Å². The maximum Gasteiger partial charge on any atom is 0.236 e. The Hall–Kier alpha value is -1.39. The van der Waals surface area contributed by atoms with E-state index in [1.807, 2.05) is 24.3 Å². The number of amides is 1. The first-order chi connectivity index (χ1) is 7.13. The van der Waals surface area contributed by atoms with Crippen molar-refractivity contribution in [3.8, 4) is 0 Å². The quantitative estimate of drug-likeness (QED) is 0.659. The summed E-state index contributed by atoms with van der Waals surface area (Å²) >= 11 is 0. The van der Waals surface area contributed by atoms with Crippen molar-refractivity contribution in [1.29, 1.82) is 0 Å². The smallest absolute Gasteiger partial charge is 0.236 e. The van der Waals surface area contributed by atoms with E-state index in [2.05, 4.69) is 5.32 Å². The molecule has 1 amide bonds. The molecule has 15 heavy (non-hydrogen) atoms. The van der Waals surface area contributed by atoms with Crippen LogP contribution < -0.4 is 11.1 Å². The number of nitrogens with two attached hydrogens (primary N) is 1. The van der Waals surface area contributed by atoms with E-state index in [4.69, 9.17) is 10.8 Å². The minimum Gasteiger partial charge on any atom is -0.392 e. The molecule has 0 saturated carbocycles. The fourth-order valence-corrected chi connectivity index (χ4v) is 1.11. The number of benzene rings is 1. The number of carbonyl (C=O) groups excluding carboxylic acids is 1. The van der Waals surface area contributed by atoms with Crippen molar-refractivity contribution in [2.75, 3.05) is 0 Å². The van der Waals surface area contributed by atoms with Gasteiger partial charge in [-0.1, -0.05) is 24.3 Å². The van der Waals surface area contributed by atoms with Gasteiger partial charge in [0.25, 0.3) is 0 Å². The maximum atomic E-state index is 11.2. The number of hydrogen-bond acceptors (Lipinski definition) is 3. The van der Waals surface area contributed by atoms with E-state index in [0.29, 0.717) is 6.54 Å². The average Bonchev–Trinajstić information content (AvgIpc) is 2.26. The summed E-state index contributed by atoms with van der Waals surface area (Å²) in [5, 5.41) is 11.5. The molecule has 0 aromatic heterocycles. The van der Waals surface area contributed by atoms with Gasteiger partial charge in [0.05, 0.1) is 12.6 Å². The van der Waals surface area contributed by atoms with Crippen molar-refractivity contribution < 1.29 is 9.90 Å². The Morgan fingerprint density at radius 2 is 1.93 bits per heavy atom. The van der Waals surface area contributed by atoms with E-state index in [9.17, 15) is 4.79 Å². The van der Waals surface area contributed by atoms with Crippen LogP contribution >= 0.6 is 0 Å². The van der Waals surface area contributed by atoms with E-state index in [0.717, 1.165) is 11.1 Å². The molecular weight excluding hydrogens is 192 g/mol. The zero-order valence-electron chi connectivity index (χ0n) is 8.73. The molecule has 0 radical (unpaired) electrons. The predicted octanol–water partition coefficient (Wildman–Crippen LogP) is 0.142. The molecule has 4 nitrogen and oxygen atoms in total. The van der Waals surface area contributed by atoms with E-state index in [1.165, 1.54) is 0 Å². The normalized spacial score (nSPS) is 12.2. The molecule has 1 aromatic rings. The molecule has 1 aromatic carbocycles. The van der Waals surface area contributed by atoms with Gasteiger partial charge in [0.2, 0.25) is 5.91 Å². The molecule has 0 heterocycles. The van der Waals surface area contributed by atoms with Crippen LogP contribution in [0.4, 0.5) is 0 Å². The first-order valence-corrected chi connectivity index (χ1v) is 4.85. The Labute approximate surface area is 89.1 Å². The fourth-order valence-electron chi connectivity index (χ4n) is 1.11. The monoisotopic (exact) mass is 208 g/mol. The number of nitrogens with one attached hydrogen (secondary N) is 1. The van der Waals surface area contributed by atoms with Gasteiger partial charge in [-0.25, -0.2) is 0 Å². The van der Waals surface area contributed by atoms with Crippen LogP contribution in [0.15, 0.2) is 24.3 Å². The number of carbonyl (C=O) groups is 1. The minimum atomic E-state index is -0.485. The summed E-state index contributed by atoms with van der Waals surface area (Å²) in [6.07, 6.45) is 0. The molecule has 0 saturated heterocycles. The van der Waals surface area contributed by atoms with Crippen molar-refractivity contribution >= 4 is 5.91 Å². The Bertz CT molecular complexity index is 320. The summed E-state index contributed by atoms with van der Waals surface area (Å²) in [4.78, 5) is 11.2. The third-order valence-corrected chi connectivity index (χ3v) is 2.09. The Balaban J connectivity index is 2.47. The summed E-state index contributed by atoms with van der Waals surface area (Å²) in [7, 11) is 0. The van der Waals surface area contributed by atoms with Gasteiger partial charge in [-0.05, 0) is 18.1 Å². The van der Waals surface area contributed by atoms with Crippen molar-refractivity contribution in [3.05, 3.63) is 35.4 Å². The lowest BCUT2D eigenvalue weighted by atomic mass is 10.1. The van der Waals surface area contributed by atoms with Gasteiger partial charge in [-0.15, -0.1) is 0 Å². The number of hydrogen-bond donors (Lipinski definition) is 3. The lowest BCUT2D eigenvalue weighted by Gasteiger charge is -2.07. The highest BCUT2D eigenvalue weighted by molar-refractivity contribution is 5.80. The fraction of sp³-hybridized carbons (Fsp3) is 0.364. The number of aliphatic hydroxyl groups is 1. The van der Waals surface area contributed by atoms with Crippen LogP contribution in [0.2, 0.25) is 0 Å². The first-order valence-electron chi connectivity index (χ1n) is 4.85. The number of rotatable bonds is 4. The second kappa shape index (κ2) is 5.48. The molecule has 0 aliphatic rings. The highest BCUT2D eigenvalue weighted by atomic mass is 16.3. The van der Waals surface area contributed by atoms with Crippen LogP contribution in [-0.4, -0.2) is 17.1 Å². The standard InChI is InChI=1S/C11H16N2O2/c1-8(12)11(15)13-6-9-2-4-10(7-14)5-3-9/h2-5,8,14H,6-7,12H2,1H3,(H,13,15). The summed E-state index contributed by atoms with van der Waals surface area (Å²) in [5.41, 5.74) is 7.25. The van der Waals surface area contributed by atoms with Crippen molar-refractivity contribution in [2.24, 2.45) is 5.73 Å². The SMILES string of the molecule is CC(N)C(=O)NCc1ccc(CO)cc1. The molecule has 1 unspecified atom stereocenters. The van der Waals surface area contributed by atoms with Crippen LogP contribution in [0.3, 0.4) is 0 Å². The van der Waals surface area contributed by atoms with Crippen molar-refractivity contribution in [3.63, 3.8) is 0 Å². The van der Waals surface area contributed by atoms with Gasteiger partial charge < -0.3 is 16.2 Å². The van der Waals surface area contributed by atoms with E-state index in [-0.39, 0.29) is 12.5 Å². The predicted molar refractivity (Wildman–Crippen MR) is 57.9 cm³/mol. The summed E-state index contributed by atoms with van der Waals surface area (Å²) in [5.74, 6) is -0.166. The number of aliphatic hydroxyl groups excluding tert-OH is 1. The van der Waals surface area contributed by atoms with Crippen molar-refractivity contribution in [1.82, 2.24) is 5.32 Å². The van der Waals surface area contributed by atoms with Crippen LogP contribution in [0.25, 0.3) is 0 Å². The largest absolute Gasteiger partial charge is 0.392 e. The van der Waals surface area contributed by atoms with Crippen LogP contribution in [-0.2, 0) is 17.9 Å². The van der Waals surface area contributed by atoms with Gasteiger partial charge in [0.15, 0.2) is 0 Å². The maximum absolute atomic E-state index is 11.2. The molecule has 0 bridgehead atoms. The van der Waals surface area contributed by atoms with Crippen LogP contribution in [0.5, 0.6) is 0 Å². The summed E-state index contributed by atoms with van der Waals surface area (Å²) in [6, 6.07) is 6.91. The zero-order valence-corrected chi connectivity index (χ0v) is 8.73. The molecule has 0 spiro atoms. The second-order valence-electron chi connectivity index (χ2n) is 3.48. The van der Waals surface area contributed by atoms with Gasteiger partial charge in [-0.2, -0.15) is 0 Å². The van der Waals surface area contributed by atoms with Gasteiger partial charge in [0.1, 0.15) is 0 Å². The zero-order chi connectivity index (χ0) is 11.3. The molecule has 0 aliphatic heterocycles. The molecule has 1 atom stereocenters. The molecule has 4 heteroatoms. The van der Waals surface area contributed by atoms with Crippen LogP contribution in [0, 0.1) is 0 Å². The van der Waals surface area contributed by atoms with Gasteiger partial charge in [0, 0.05) is 6.54 Å². The van der Waals surface area contributed by atoms with Crippen molar-refractivity contribution in [2.45, 2.75) is 26.1 Å². The minimum absolute atomic E-state index is 0.0342. The lowest BCUT2D eigenvalue weighted by molar-refractivity contribution is -0.122. The summed E-state index contributed by atoms with van der Waals surface area (Å²) in [6.45, 7) is 2.14. The first kappa shape index (κ1) is 11.7. The molecule has 0 aliphatic carbocycles. The molecular formula is C11H16N2O2. The van der Waals surface area contributed by atoms with E-state index < -0.39 is 6.04 Å². The molecule has 4 N–H and O–H groups in total. The van der Waals surface area contributed by atoms with Gasteiger partial charge in [-0.3, -0.25) is 4.79 Å². The highest BCUT2D eigenvalue weighted by Gasteiger charge is 2.05. The Morgan fingerprint density at radius 1 is 1.40 bits per heavy atom. The Kier molecular flexibility index (Phi) is 4.27. The molecule has 1 rings (SSSR count). The van der Waals surface area contributed by atoms with Gasteiger partial charge >= 0.3 is 0 Å². The molecule has 0 fully saturated rings.